The van der Waals surface area contributed by atoms with Crippen LogP contribution in [0.15, 0.2) is 36.7 Å². The Labute approximate surface area is 131 Å². The molecule has 0 spiro atoms. The minimum atomic E-state index is 0.611. The van der Waals surface area contributed by atoms with E-state index in [9.17, 15) is 0 Å². The van der Waals surface area contributed by atoms with E-state index < -0.39 is 0 Å². The molecule has 2 aromatic rings. The van der Waals surface area contributed by atoms with E-state index in [1.807, 2.05) is 31.2 Å². The summed E-state index contributed by atoms with van der Waals surface area (Å²) in [5, 5.41) is 4.02. The van der Waals surface area contributed by atoms with Gasteiger partial charge in [-0.2, -0.15) is 0 Å². The van der Waals surface area contributed by atoms with Gasteiger partial charge in [0.2, 0.25) is 0 Å². The van der Waals surface area contributed by atoms with Crippen LogP contribution in [0.1, 0.15) is 25.0 Å². The van der Waals surface area contributed by atoms with Crippen molar-refractivity contribution in [1.29, 1.82) is 0 Å². The van der Waals surface area contributed by atoms with Gasteiger partial charge < -0.3 is 10.1 Å². The van der Waals surface area contributed by atoms with Crippen molar-refractivity contribution in [3.63, 3.8) is 0 Å². The van der Waals surface area contributed by atoms with Crippen molar-refractivity contribution in [3.05, 3.63) is 52.8 Å². The summed E-state index contributed by atoms with van der Waals surface area (Å²) in [5.41, 5.74) is 2.18. The third kappa shape index (κ3) is 4.73. The Morgan fingerprint density at radius 3 is 2.76 bits per heavy atom. The number of aryl methyl sites for hydroxylation is 1. The number of rotatable bonds is 6. The third-order valence-electron chi connectivity index (χ3n) is 3.05. The summed E-state index contributed by atoms with van der Waals surface area (Å²) in [6.07, 6.45) is 3.50. The minimum absolute atomic E-state index is 0.611. The third-order valence-corrected chi connectivity index (χ3v) is 3.34. The molecule has 112 valence electrons. The molecule has 1 heterocycles. The monoisotopic (exact) mass is 304 g/mol. The summed E-state index contributed by atoms with van der Waals surface area (Å²) in [6, 6.07) is 7.72. The average Bonchev–Trinajstić information content (AvgIpc) is 2.43. The molecular weight excluding hydrogens is 284 g/mol. The second kappa shape index (κ2) is 7.43. The smallest absolute Gasteiger partial charge is 0.150 e. The molecule has 0 fully saturated rings. The van der Waals surface area contributed by atoms with E-state index in [2.05, 4.69) is 24.1 Å². The van der Waals surface area contributed by atoms with Crippen LogP contribution in [0.2, 0.25) is 5.02 Å². The molecule has 0 bridgehead atoms. The number of hydrogen-bond acceptors (Lipinski definition) is 3. The van der Waals surface area contributed by atoms with Crippen molar-refractivity contribution in [2.24, 2.45) is 5.92 Å². The van der Waals surface area contributed by atoms with E-state index in [4.69, 9.17) is 16.3 Å². The predicted molar refractivity (Wildman–Crippen MR) is 87.0 cm³/mol. The maximum atomic E-state index is 6.22. The summed E-state index contributed by atoms with van der Waals surface area (Å²) in [6.45, 7) is 8.08. The molecule has 2 rings (SSSR count). The fourth-order valence-electron chi connectivity index (χ4n) is 1.95. The highest BCUT2D eigenvalue weighted by molar-refractivity contribution is 6.32. The molecule has 0 amide bonds. The number of ether oxygens (including phenoxy) is 1. The minimum Gasteiger partial charge on any atom is -0.454 e. The number of hydrogen-bond donors (Lipinski definition) is 1. The molecule has 0 saturated heterocycles. The molecule has 3 nitrogen and oxygen atoms in total. The van der Waals surface area contributed by atoms with Crippen LogP contribution >= 0.6 is 11.6 Å². The number of nitrogens with one attached hydrogen (secondary N) is 1. The highest BCUT2D eigenvalue weighted by Gasteiger charge is 2.08. The molecule has 0 aliphatic heterocycles. The Balaban J connectivity index is 2.12. The Morgan fingerprint density at radius 1 is 1.24 bits per heavy atom. The van der Waals surface area contributed by atoms with Crippen molar-refractivity contribution in [2.75, 3.05) is 6.54 Å². The molecule has 0 aliphatic rings. The molecule has 4 heteroatoms. The molecule has 0 unspecified atom stereocenters. The summed E-state index contributed by atoms with van der Waals surface area (Å²) >= 11 is 6.22. The second-order valence-corrected chi connectivity index (χ2v) is 5.95. The SMILES string of the molecule is Cc1ccc(Oc2cnccc2CNCC(C)C)c(Cl)c1. The lowest BCUT2D eigenvalue weighted by Crippen LogP contribution is -2.19. The van der Waals surface area contributed by atoms with Gasteiger partial charge in [0.25, 0.3) is 0 Å². The molecule has 1 aromatic heterocycles. The van der Waals surface area contributed by atoms with Crippen molar-refractivity contribution in [2.45, 2.75) is 27.3 Å². The fraction of sp³-hybridized carbons (Fsp3) is 0.353. The summed E-state index contributed by atoms with van der Waals surface area (Å²) in [7, 11) is 0. The first-order chi connectivity index (χ1) is 10.1. The molecule has 0 aliphatic carbocycles. The summed E-state index contributed by atoms with van der Waals surface area (Å²) in [5.74, 6) is 2.00. The van der Waals surface area contributed by atoms with E-state index in [1.165, 1.54) is 0 Å². The Morgan fingerprint density at radius 2 is 2.05 bits per heavy atom. The zero-order valence-corrected chi connectivity index (χ0v) is 13.4. The van der Waals surface area contributed by atoms with Gasteiger partial charge in [-0.3, -0.25) is 4.98 Å². The van der Waals surface area contributed by atoms with Gasteiger partial charge in [0.15, 0.2) is 0 Å². The molecule has 1 N–H and O–H groups in total. The van der Waals surface area contributed by atoms with Gasteiger partial charge in [-0.15, -0.1) is 0 Å². The van der Waals surface area contributed by atoms with E-state index in [0.29, 0.717) is 16.7 Å². The molecule has 1 aromatic carbocycles. The number of nitrogens with zero attached hydrogens (tertiary/aromatic N) is 1. The largest absolute Gasteiger partial charge is 0.454 e. The van der Waals surface area contributed by atoms with Gasteiger partial charge >= 0.3 is 0 Å². The van der Waals surface area contributed by atoms with E-state index in [-0.39, 0.29) is 0 Å². The number of benzene rings is 1. The zero-order valence-electron chi connectivity index (χ0n) is 12.7. The van der Waals surface area contributed by atoms with Crippen LogP contribution in [0.25, 0.3) is 0 Å². The number of halogens is 1. The first-order valence-electron chi connectivity index (χ1n) is 7.14. The average molecular weight is 305 g/mol. The van der Waals surface area contributed by atoms with Crippen LogP contribution in [0, 0.1) is 12.8 Å². The van der Waals surface area contributed by atoms with Gasteiger partial charge in [0.1, 0.15) is 11.5 Å². The standard InChI is InChI=1S/C17H21ClN2O/c1-12(2)9-20-10-14-6-7-19-11-17(14)21-16-5-4-13(3)8-15(16)18/h4-8,11-12,20H,9-10H2,1-3H3. The van der Waals surface area contributed by atoms with Gasteiger partial charge in [-0.1, -0.05) is 31.5 Å². The van der Waals surface area contributed by atoms with Crippen LogP contribution in [-0.2, 0) is 6.54 Å². The molecule has 0 atom stereocenters. The van der Waals surface area contributed by atoms with Crippen LogP contribution < -0.4 is 10.1 Å². The van der Waals surface area contributed by atoms with E-state index >= 15 is 0 Å². The Bertz CT molecular complexity index is 599. The summed E-state index contributed by atoms with van der Waals surface area (Å²) < 4.78 is 5.92. The lowest BCUT2D eigenvalue weighted by molar-refractivity contribution is 0.467. The lowest BCUT2D eigenvalue weighted by Gasteiger charge is -2.13. The summed E-state index contributed by atoms with van der Waals surface area (Å²) in [4.78, 5) is 4.14. The lowest BCUT2D eigenvalue weighted by atomic mass is 10.2. The van der Waals surface area contributed by atoms with E-state index in [0.717, 1.165) is 30.0 Å². The van der Waals surface area contributed by atoms with Crippen LogP contribution in [-0.4, -0.2) is 11.5 Å². The molecule has 21 heavy (non-hydrogen) atoms. The quantitative estimate of drug-likeness (QED) is 0.848. The first-order valence-corrected chi connectivity index (χ1v) is 7.51. The van der Waals surface area contributed by atoms with Gasteiger partial charge in [-0.05, 0) is 43.1 Å². The van der Waals surface area contributed by atoms with Crippen molar-refractivity contribution >= 4 is 11.6 Å². The maximum Gasteiger partial charge on any atom is 0.150 e. The first kappa shape index (κ1) is 15.8. The molecule has 0 saturated carbocycles. The Kier molecular flexibility index (Phi) is 5.59. The van der Waals surface area contributed by atoms with Crippen molar-refractivity contribution in [3.8, 4) is 11.5 Å². The topological polar surface area (TPSA) is 34.1 Å². The van der Waals surface area contributed by atoms with Gasteiger partial charge in [0, 0.05) is 18.3 Å². The highest BCUT2D eigenvalue weighted by Crippen LogP contribution is 2.31. The van der Waals surface area contributed by atoms with E-state index in [1.54, 1.807) is 12.4 Å². The van der Waals surface area contributed by atoms with Crippen molar-refractivity contribution in [1.82, 2.24) is 10.3 Å². The molecule has 0 radical (unpaired) electrons. The van der Waals surface area contributed by atoms with Crippen LogP contribution in [0.5, 0.6) is 11.5 Å². The van der Waals surface area contributed by atoms with Gasteiger partial charge in [-0.25, -0.2) is 0 Å². The van der Waals surface area contributed by atoms with Crippen LogP contribution in [0.3, 0.4) is 0 Å². The second-order valence-electron chi connectivity index (χ2n) is 5.54. The maximum absolute atomic E-state index is 6.22. The van der Waals surface area contributed by atoms with Gasteiger partial charge in [0.05, 0.1) is 11.2 Å². The molecular formula is C17H21ClN2O. The van der Waals surface area contributed by atoms with Crippen molar-refractivity contribution < 1.29 is 4.74 Å². The number of aromatic nitrogens is 1. The van der Waals surface area contributed by atoms with Crippen LogP contribution in [0.4, 0.5) is 0 Å². The predicted octanol–water partition coefficient (Wildman–Crippen LogP) is 4.58. The number of pyridine rings is 1. The fourth-order valence-corrected chi connectivity index (χ4v) is 2.22. The normalized spacial score (nSPS) is 10.9. The highest BCUT2D eigenvalue weighted by atomic mass is 35.5. The Hall–Kier alpha value is -1.58. The zero-order chi connectivity index (χ0) is 15.2.